The molecule has 4 rings (SSSR count). The number of benzene rings is 1. The molecule has 0 aliphatic carbocycles. The number of rotatable bonds is 6. The third-order valence-corrected chi connectivity index (χ3v) is 5.91. The van der Waals surface area contributed by atoms with Crippen LogP contribution in [0.4, 0.5) is 0 Å². The molecule has 1 atom stereocenters. The third-order valence-electron chi connectivity index (χ3n) is 5.67. The Bertz CT molecular complexity index is 983. The highest BCUT2D eigenvalue weighted by molar-refractivity contribution is 6.30. The van der Waals surface area contributed by atoms with Crippen LogP contribution in [0.25, 0.3) is 0 Å². The van der Waals surface area contributed by atoms with Crippen LogP contribution in [0, 0.1) is 6.92 Å². The molecule has 176 valence electrons. The van der Waals surface area contributed by atoms with E-state index in [2.05, 4.69) is 9.97 Å². The summed E-state index contributed by atoms with van der Waals surface area (Å²) in [5.74, 6) is 0.256. The number of amides is 2. The Balaban J connectivity index is 1.53. The second-order valence-electron chi connectivity index (χ2n) is 8.22. The molecule has 9 nitrogen and oxygen atoms in total. The van der Waals surface area contributed by atoms with E-state index in [0.717, 1.165) is 5.69 Å². The number of morpholine rings is 2. The van der Waals surface area contributed by atoms with Gasteiger partial charge in [0.05, 0.1) is 44.7 Å². The zero-order valence-corrected chi connectivity index (χ0v) is 19.3. The van der Waals surface area contributed by atoms with E-state index >= 15 is 0 Å². The van der Waals surface area contributed by atoms with Gasteiger partial charge in [0.2, 0.25) is 5.91 Å². The second kappa shape index (κ2) is 10.5. The van der Waals surface area contributed by atoms with E-state index in [-0.39, 0.29) is 43.7 Å². The van der Waals surface area contributed by atoms with E-state index in [0.29, 0.717) is 43.6 Å². The molecule has 2 aromatic rings. The molecule has 1 aromatic heterocycles. The Labute approximate surface area is 197 Å². The SMILES string of the molecule is Cc1cnc(C(=O)N2CCO[C@@](COc3cccc(Cl)c3)(CC(=O)N3CCOCC3)C2)cn1. The Morgan fingerprint density at radius 1 is 1.12 bits per heavy atom. The predicted molar refractivity (Wildman–Crippen MR) is 120 cm³/mol. The van der Waals surface area contributed by atoms with Crippen LogP contribution in [0.5, 0.6) is 5.75 Å². The Morgan fingerprint density at radius 3 is 2.64 bits per heavy atom. The molecule has 0 radical (unpaired) electrons. The van der Waals surface area contributed by atoms with E-state index in [1.807, 2.05) is 6.92 Å². The number of carbonyl (C=O) groups excluding carboxylic acids is 2. The minimum absolute atomic E-state index is 0.0579. The van der Waals surface area contributed by atoms with Gasteiger partial charge in [0, 0.05) is 30.9 Å². The van der Waals surface area contributed by atoms with Crippen molar-refractivity contribution in [1.82, 2.24) is 19.8 Å². The summed E-state index contributed by atoms with van der Waals surface area (Å²) in [6, 6.07) is 7.03. The number of hydrogen-bond acceptors (Lipinski definition) is 7. The van der Waals surface area contributed by atoms with Gasteiger partial charge < -0.3 is 24.0 Å². The molecule has 2 amide bonds. The summed E-state index contributed by atoms with van der Waals surface area (Å²) in [4.78, 5) is 38.0. The van der Waals surface area contributed by atoms with Crippen LogP contribution < -0.4 is 4.74 Å². The molecule has 0 spiro atoms. The summed E-state index contributed by atoms with van der Waals surface area (Å²) < 4.78 is 17.5. The molecule has 0 unspecified atom stereocenters. The van der Waals surface area contributed by atoms with Crippen molar-refractivity contribution in [3.63, 3.8) is 0 Å². The van der Waals surface area contributed by atoms with Gasteiger partial charge in [0.1, 0.15) is 23.7 Å². The molecule has 0 N–H and O–H groups in total. The van der Waals surface area contributed by atoms with Crippen molar-refractivity contribution in [2.75, 3.05) is 52.6 Å². The molecule has 10 heteroatoms. The van der Waals surface area contributed by atoms with Gasteiger partial charge in [-0.15, -0.1) is 0 Å². The van der Waals surface area contributed by atoms with Gasteiger partial charge >= 0.3 is 0 Å². The van der Waals surface area contributed by atoms with Crippen molar-refractivity contribution in [3.8, 4) is 5.75 Å². The lowest BCUT2D eigenvalue weighted by molar-refractivity contribution is -0.155. The molecule has 0 saturated carbocycles. The number of carbonyl (C=O) groups is 2. The minimum Gasteiger partial charge on any atom is -0.490 e. The molecule has 1 aromatic carbocycles. The van der Waals surface area contributed by atoms with Crippen LogP contribution in [0.1, 0.15) is 22.6 Å². The normalized spacial score (nSPS) is 21.0. The van der Waals surface area contributed by atoms with Gasteiger partial charge in [0.15, 0.2) is 0 Å². The lowest BCUT2D eigenvalue weighted by Gasteiger charge is -2.43. The molecule has 2 aliphatic rings. The number of aryl methyl sites for hydroxylation is 1. The van der Waals surface area contributed by atoms with Crippen molar-refractivity contribution >= 4 is 23.4 Å². The smallest absolute Gasteiger partial charge is 0.274 e. The highest BCUT2D eigenvalue weighted by atomic mass is 35.5. The lowest BCUT2D eigenvalue weighted by Crippen LogP contribution is -2.58. The maximum atomic E-state index is 13.1. The number of nitrogens with zero attached hydrogens (tertiary/aromatic N) is 4. The summed E-state index contributed by atoms with van der Waals surface area (Å²) in [5, 5.41) is 0.547. The Hall–Kier alpha value is -2.75. The summed E-state index contributed by atoms with van der Waals surface area (Å²) in [6.45, 7) is 4.84. The molecule has 3 heterocycles. The molecular formula is C23H27ClN4O5. The van der Waals surface area contributed by atoms with Crippen LogP contribution in [0.15, 0.2) is 36.7 Å². The molecule has 2 saturated heterocycles. The van der Waals surface area contributed by atoms with Crippen molar-refractivity contribution in [3.05, 3.63) is 53.1 Å². The topological polar surface area (TPSA) is 94.1 Å². The second-order valence-corrected chi connectivity index (χ2v) is 8.65. The van der Waals surface area contributed by atoms with Crippen LogP contribution in [0.2, 0.25) is 5.02 Å². The van der Waals surface area contributed by atoms with Crippen molar-refractivity contribution in [2.24, 2.45) is 0 Å². The maximum absolute atomic E-state index is 13.1. The fourth-order valence-electron chi connectivity index (χ4n) is 3.90. The number of aromatic nitrogens is 2. The van der Waals surface area contributed by atoms with Crippen LogP contribution in [-0.4, -0.2) is 89.8 Å². The number of ether oxygens (including phenoxy) is 3. The quantitative estimate of drug-likeness (QED) is 0.631. The zero-order chi connectivity index (χ0) is 23.3. The standard InChI is InChI=1S/C23H27ClN4O5/c1-17-13-26-20(14-25-17)22(30)28-7-10-33-23(15-28,12-21(29)27-5-8-31-9-6-27)16-32-19-4-2-3-18(24)11-19/h2-4,11,13-14H,5-10,12,15-16H2,1H3/t23-/m0/s1. The maximum Gasteiger partial charge on any atom is 0.274 e. The van der Waals surface area contributed by atoms with Gasteiger partial charge in [0.25, 0.3) is 5.91 Å². The highest BCUT2D eigenvalue weighted by Crippen LogP contribution is 2.27. The van der Waals surface area contributed by atoms with Crippen molar-refractivity contribution < 1.29 is 23.8 Å². The predicted octanol–water partition coefficient (Wildman–Crippen LogP) is 1.98. The van der Waals surface area contributed by atoms with Gasteiger partial charge in [-0.25, -0.2) is 4.98 Å². The Kier molecular flexibility index (Phi) is 7.42. The van der Waals surface area contributed by atoms with E-state index in [4.69, 9.17) is 25.8 Å². The Morgan fingerprint density at radius 2 is 1.91 bits per heavy atom. The largest absolute Gasteiger partial charge is 0.490 e. The van der Waals surface area contributed by atoms with E-state index in [1.165, 1.54) is 6.20 Å². The fourth-order valence-corrected chi connectivity index (χ4v) is 4.08. The first kappa shape index (κ1) is 23.4. The summed E-state index contributed by atoms with van der Waals surface area (Å²) in [7, 11) is 0. The first-order valence-corrected chi connectivity index (χ1v) is 11.3. The fraction of sp³-hybridized carbons (Fsp3) is 0.478. The monoisotopic (exact) mass is 474 g/mol. The van der Waals surface area contributed by atoms with Crippen LogP contribution in [-0.2, 0) is 14.3 Å². The average molecular weight is 475 g/mol. The lowest BCUT2D eigenvalue weighted by atomic mass is 9.96. The van der Waals surface area contributed by atoms with E-state index in [1.54, 1.807) is 40.3 Å². The van der Waals surface area contributed by atoms with Gasteiger partial charge in [-0.3, -0.25) is 14.6 Å². The van der Waals surface area contributed by atoms with Gasteiger partial charge in [-0.1, -0.05) is 17.7 Å². The number of hydrogen-bond donors (Lipinski definition) is 0. The third kappa shape index (κ3) is 5.98. The first-order chi connectivity index (χ1) is 15.9. The molecule has 2 aliphatic heterocycles. The first-order valence-electron chi connectivity index (χ1n) is 10.9. The van der Waals surface area contributed by atoms with Gasteiger partial charge in [-0.05, 0) is 25.1 Å². The highest BCUT2D eigenvalue weighted by Gasteiger charge is 2.42. The number of halogens is 1. The van der Waals surface area contributed by atoms with Crippen molar-refractivity contribution in [1.29, 1.82) is 0 Å². The molecule has 0 bridgehead atoms. The van der Waals surface area contributed by atoms with Crippen molar-refractivity contribution in [2.45, 2.75) is 18.9 Å². The van der Waals surface area contributed by atoms with Crippen LogP contribution in [0.3, 0.4) is 0 Å². The molecule has 33 heavy (non-hydrogen) atoms. The average Bonchev–Trinajstić information content (AvgIpc) is 2.84. The summed E-state index contributed by atoms with van der Waals surface area (Å²) in [6.07, 6.45) is 3.11. The molecule has 2 fully saturated rings. The van der Waals surface area contributed by atoms with Gasteiger partial charge in [-0.2, -0.15) is 0 Å². The minimum atomic E-state index is -1.01. The summed E-state index contributed by atoms with van der Waals surface area (Å²) in [5.41, 5.74) is -0.0235. The van der Waals surface area contributed by atoms with E-state index < -0.39 is 5.60 Å². The zero-order valence-electron chi connectivity index (χ0n) is 18.5. The molecular weight excluding hydrogens is 448 g/mol. The summed E-state index contributed by atoms with van der Waals surface area (Å²) >= 11 is 6.08. The van der Waals surface area contributed by atoms with E-state index in [9.17, 15) is 9.59 Å². The van der Waals surface area contributed by atoms with Crippen LogP contribution >= 0.6 is 11.6 Å².